The Morgan fingerprint density at radius 2 is 2.17 bits per heavy atom. The Balaban J connectivity index is 1.81. The third-order valence-corrected chi connectivity index (χ3v) is 3.71. The summed E-state index contributed by atoms with van der Waals surface area (Å²) in [6.07, 6.45) is 0.646. The van der Waals surface area contributed by atoms with E-state index in [4.69, 9.17) is 4.74 Å². The number of hydrogen-bond donors (Lipinski definition) is 1. The molecule has 1 N–H and O–H groups in total. The molecule has 96 valence electrons. The van der Waals surface area contributed by atoms with Crippen molar-refractivity contribution in [2.45, 2.75) is 32.2 Å². The lowest BCUT2D eigenvalue weighted by Crippen LogP contribution is -2.33. The summed E-state index contributed by atoms with van der Waals surface area (Å²) < 4.78 is 5.34. The van der Waals surface area contributed by atoms with Gasteiger partial charge in [-0.25, -0.2) is 0 Å². The Morgan fingerprint density at radius 3 is 2.89 bits per heavy atom. The molecule has 4 heteroatoms. The molecule has 0 aromatic heterocycles. The minimum Gasteiger partial charge on any atom is -0.388 e. The van der Waals surface area contributed by atoms with Gasteiger partial charge in [0.15, 0.2) is 0 Å². The predicted octanol–water partition coefficient (Wildman–Crippen LogP) is 1.31. The van der Waals surface area contributed by atoms with E-state index in [1.54, 1.807) is 11.8 Å². The molecule has 1 amide bonds. The number of ether oxygens (including phenoxy) is 1. The standard InChI is InChI=1S/C14H17NO3/c1-14(17)4-5-15(9-14)13(16)10-2-3-11-7-18-8-12(11)6-10/h2-3,6,17H,4-5,7-9H2,1H3. The second-order valence-corrected chi connectivity index (χ2v) is 5.45. The van der Waals surface area contributed by atoms with E-state index in [-0.39, 0.29) is 5.91 Å². The molecule has 0 radical (unpaired) electrons. The Morgan fingerprint density at radius 1 is 1.39 bits per heavy atom. The van der Waals surface area contributed by atoms with Crippen LogP contribution in [0.15, 0.2) is 18.2 Å². The minimum absolute atomic E-state index is 0.00229. The van der Waals surface area contributed by atoms with Gasteiger partial charge in [-0.15, -0.1) is 0 Å². The van der Waals surface area contributed by atoms with E-state index in [9.17, 15) is 9.90 Å². The molecule has 1 unspecified atom stereocenters. The monoisotopic (exact) mass is 247 g/mol. The lowest BCUT2D eigenvalue weighted by atomic mass is 10.1. The molecule has 4 nitrogen and oxygen atoms in total. The Kier molecular flexibility index (Phi) is 2.64. The van der Waals surface area contributed by atoms with Crippen LogP contribution in [0.5, 0.6) is 0 Å². The van der Waals surface area contributed by atoms with Crippen LogP contribution in [0.3, 0.4) is 0 Å². The minimum atomic E-state index is -0.741. The van der Waals surface area contributed by atoms with Crippen LogP contribution in [0.25, 0.3) is 0 Å². The van der Waals surface area contributed by atoms with E-state index < -0.39 is 5.60 Å². The first-order valence-corrected chi connectivity index (χ1v) is 6.26. The summed E-state index contributed by atoms with van der Waals surface area (Å²) in [7, 11) is 0. The van der Waals surface area contributed by atoms with Crippen molar-refractivity contribution in [3.05, 3.63) is 34.9 Å². The summed E-state index contributed by atoms with van der Waals surface area (Å²) >= 11 is 0. The van der Waals surface area contributed by atoms with Gasteiger partial charge in [0.05, 0.1) is 18.8 Å². The molecule has 1 aromatic rings. The van der Waals surface area contributed by atoms with E-state index in [0.717, 1.165) is 5.56 Å². The SMILES string of the molecule is CC1(O)CCN(C(=O)c2ccc3c(c2)COC3)C1. The molecular weight excluding hydrogens is 230 g/mol. The van der Waals surface area contributed by atoms with Gasteiger partial charge in [-0.05, 0) is 36.6 Å². The van der Waals surface area contributed by atoms with Gasteiger partial charge in [0.25, 0.3) is 5.91 Å². The molecular formula is C14H17NO3. The molecule has 0 saturated carbocycles. The van der Waals surface area contributed by atoms with Crippen LogP contribution in [0.4, 0.5) is 0 Å². The number of β-amino-alcohol motifs (C(OH)–C–C–N with tert-alkyl or cyclic N) is 1. The van der Waals surface area contributed by atoms with E-state index in [1.807, 2.05) is 18.2 Å². The quantitative estimate of drug-likeness (QED) is 0.814. The number of likely N-dealkylation sites (tertiary alicyclic amines) is 1. The van der Waals surface area contributed by atoms with Crippen LogP contribution < -0.4 is 0 Å². The number of rotatable bonds is 1. The number of amides is 1. The maximum atomic E-state index is 12.3. The summed E-state index contributed by atoms with van der Waals surface area (Å²) in [4.78, 5) is 14.0. The number of aliphatic hydroxyl groups is 1. The van der Waals surface area contributed by atoms with Gasteiger partial charge >= 0.3 is 0 Å². The highest BCUT2D eigenvalue weighted by Gasteiger charge is 2.34. The van der Waals surface area contributed by atoms with Gasteiger partial charge in [-0.3, -0.25) is 4.79 Å². The number of benzene rings is 1. The molecule has 2 aliphatic heterocycles. The van der Waals surface area contributed by atoms with E-state index in [1.165, 1.54) is 5.56 Å². The summed E-state index contributed by atoms with van der Waals surface area (Å²) in [6, 6.07) is 5.73. The second-order valence-electron chi connectivity index (χ2n) is 5.45. The van der Waals surface area contributed by atoms with Crippen LogP contribution in [-0.4, -0.2) is 34.6 Å². The third-order valence-electron chi connectivity index (χ3n) is 3.71. The van der Waals surface area contributed by atoms with E-state index in [0.29, 0.717) is 38.3 Å². The average molecular weight is 247 g/mol. The van der Waals surface area contributed by atoms with Gasteiger partial charge < -0.3 is 14.7 Å². The van der Waals surface area contributed by atoms with Gasteiger partial charge in [0.2, 0.25) is 0 Å². The van der Waals surface area contributed by atoms with Crippen molar-refractivity contribution in [2.24, 2.45) is 0 Å². The zero-order valence-corrected chi connectivity index (χ0v) is 10.5. The molecule has 2 heterocycles. The van der Waals surface area contributed by atoms with Crippen LogP contribution in [0.1, 0.15) is 34.8 Å². The molecule has 2 aliphatic rings. The number of carbonyl (C=O) groups is 1. The van der Waals surface area contributed by atoms with Crippen molar-refractivity contribution < 1.29 is 14.6 Å². The topological polar surface area (TPSA) is 49.8 Å². The van der Waals surface area contributed by atoms with Gasteiger partial charge in [-0.2, -0.15) is 0 Å². The van der Waals surface area contributed by atoms with Crippen molar-refractivity contribution in [1.29, 1.82) is 0 Å². The summed E-state index contributed by atoms with van der Waals surface area (Å²) in [5.41, 5.74) is 2.22. The highest BCUT2D eigenvalue weighted by Crippen LogP contribution is 2.25. The van der Waals surface area contributed by atoms with Crippen molar-refractivity contribution in [3.8, 4) is 0 Å². The molecule has 1 saturated heterocycles. The Bertz CT molecular complexity index is 496. The summed E-state index contributed by atoms with van der Waals surface area (Å²) in [5.74, 6) is 0.00229. The molecule has 0 bridgehead atoms. The van der Waals surface area contributed by atoms with E-state index >= 15 is 0 Å². The summed E-state index contributed by atoms with van der Waals surface area (Å²) in [5, 5.41) is 9.90. The fraction of sp³-hybridized carbons (Fsp3) is 0.500. The second kappa shape index (κ2) is 4.07. The van der Waals surface area contributed by atoms with Crippen LogP contribution in [0.2, 0.25) is 0 Å². The van der Waals surface area contributed by atoms with Crippen molar-refractivity contribution >= 4 is 5.91 Å². The molecule has 0 spiro atoms. The van der Waals surface area contributed by atoms with Crippen LogP contribution in [0, 0.1) is 0 Å². The molecule has 0 aliphatic carbocycles. The van der Waals surface area contributed by atoms with Crippen LogP contribution in [-0.2, 0) is 18.0 Å². The largest absolute Gasteiger partial charge is 0.388 e. The number of carbonyl (C=O) groups excluding carboxylic acids is 1. The van der Waals surface area contributed by atoms with Crippen molar-refractivity contribution in [3.63, 3.8) is 0 Å². The van der Waals surface area contributed by atoms with Crippen molar-refractivity contribution in [1.82, 2.24) is 4.90 Å². The van der Waals surface area contributed by atoms with Crippen LogP contribution >= 0.6 is 0 Å². The Hall–Kier alpha value is -1.39. The zero-order chi connectivity index (χ0) is 12.8. The lowest BCUT2D eigenvalue weighted by Gasteiger charge is -2.19. The van der Waals surface area contributed by atoms with E-state index in [2.05, 4.69) is 0 Å². The third kappa shape index (κ3) is 2.02. The number of hydrogen-bond acceptors (Lipinski definition) is 3. The highest BCUT2D eigenvalue weighted by atomic mass is 16.5. The molecule has 1 aromatic carbocycles. The van der Waals surface area contributed by atoms with Crippen molar-refractivity contribution in [2.75, 3.05) is 13.1 Å². The zero-order valence-electron chi connectivity index (χ0n) is 10.5. The predicted molar refractivity (Wildman–Crippen MR) is 66.1 cm³/mol. The first-order chi connectivity index (χ1) is 8.55. The molecule has 3 rings (SSSR count). The van der Waals surface area contributed by atoms with Gasteiger partial charge in [0.1, 0.15) is 0 Å². The molecule has 1 fully saturated rings. The number of nitrogens with zero attached hydrogens (tertiary/aromatic N) is 1. The highest BCUT2D eigenvalue weighted by molar-refractivity contribution is 5.94. The summed E-state index contributed by atoms with van der Waals surface area (Å²) in [6.45, 7) is 4.05. The normalized spacial score (nSPS) is 26.4. The first-order valence-electron chi connectivity index (χ1n) is 6.26. The molecule has 1 atom stereocenters. The van der Waals surface area contributed by atoms with Gasteiger partial charge in [0, 0.05) is 18.7 Å². The fourth-order valence-electron chi connectivity index (χ4n) is 2.61. The fourth-order valence-corrected chi connectivity index (χ4v) is 2.61. The number of fused-ring (bicyclic) bond motifs is 1. The molecule has 18 heavy (non-hydrogen) atoms. The Labute approximate surface area is 106 Å². The van der Waals surface area contributed by atoms with Gasteiger partial charge in [-0.1, -0.05) is 6.07 Å². The lowest BCUT2D eigenvalue weighted by molar-refractivity contribution is 0.0572. The average Bonchev–Trinajstić information content (AvgIpc) is 2.93. The first kappa shape index (κ1) is 11.7. The maximum absolute atomic E-state index is 12.3. The smallest absolute Gasteiger partial charge is 0.253 e. The maximum Gasteiger partial charge on any atom is 0.253 e.